The van der Waals surface area contributed by atoms with Gasteiger partial charge in [-0.25, -0.2) is 0 Å². The molecule has 4 rings (SSSR count). The number of imide groups is 1. The zero-order chi connectivity index (χ0) is 23.5. The molecule has 1 fully saturated rings. The zero-order valence-corrected chi connectivity index (χ0v) is 21.5. The molecule has 4 nitrogen and oxygen atoms in total. The lowest BCUT2D eigenvalue weighted by Gasteiger charge is -2.13. The van der Waals surface area contributed by atoms with Gasteiger partial charge in [-0.3, -0.25) is 14.5 Å². The minimum Gasteiger partial charge on any atom is -0.488 e. The van der Waals surface area contributed by atoms with Gasteiger partial charge in [0, 0.05) is 20.6 Å². The van der Waals surface area contributed by atoms with Crippen LogP contribution in [0.3, 0.4) is 0 Å². The molecular weight excluding hydrogens is 569 g/mol. The first-order valence-corrected chi connectivity index (χ1v) is 12.4. The van der Waals surface area contributed by atoms with E-state index in [4.69, 9.17) is 39.5 Å². The summed E-state index contributed by atoms with van der Waals surface area (Å²) in [4.78, 5) is 26.8. The van der Waals surface area contributed by atoms with Crippen LogP contribution < -0.4 is 4.74 Å². The summed E-state index contributed by atoms with van der Waals surface area (Å²) in [6, 6.07) is 17.9. The number of hydrogen-bond donors (Lipinski definition) is 0. The van der Waals surface area contributed by atoms with E-state index in [2.05, 4.69) is 15.9 Å². The Bertz CT molecular complexity index is 1280. The number of halogens is 4. The van der Waals surface area contributed by atoms with Crippen molar-refractivity contribution in [2.24, 2.45) is 0 Å². The molecule has 168 valence electrons. The van der Waals surface area contributed by atoms with Crippen molar-refractivity contribution in [3.05, 3.63) is 102 Å². The summed E-state index contributed by atoms with van der Waals surface area (Å²) in [5.41, 5.74) is 2.28. The average molecular weight is 584 g/mol. The summed E-state index contributed by atoms with van der Waals surface area (Å²) in [6.07, 6.45) is 1.68. The Kier molecular flexibility index (Phi) is 7.72. The van der Waals surface area contributed by atoms with E-state index < -0.39 is 0 Å². The van der Waals surface area contributed by atoms with Gasteiger partial charge in [-0.05, 0) is 75.2 Å². The zero-order valence-electron chi connectivity index (χ0n) is 16.9. The first kappa shape index (κ1) is 24.2. The van der Waals surface area contributed by atoms with Crippen LogP contribution in [0.25, 0.3) is 6.08 Å². The first-order chi connectivity index (χ1) is 15.8. The summed E-state index contributed by atoms with van der Waals surface area (Å²) < 4.78 is 6.58. The molecule has 3 aromatic rings. The minimum absolute atomic E-state index is 0.0799. The fourth-order valence-corrected chi connectivity index (χ4v) is 5.11. The van der Waals surface area contributed by atoms with E-state index in [1.165, 1.54) is 4.90 Å². The molecule has 0 N–H and O–H groups in total. The highest BCUT2D eigenvalue weighted by atomic mass is 79.9. The second kappa shape index (κ2) is 10.5. The Hall–Kier alpha value is -1.96. The van der Waals surface area contributed by atoms with Gasteiger partial charge < -0.3 is 4.74 Å². The smallest absolute Gasteiger partial charge is 0.293 e. The molecular formula is C24H15BrCl3NO3S. The lowest BCUT2D eigenvalue weighted by atomic mass is 10.2. The normalized spacial score (nSPS) is 14.9. The van der Waals surface area contributed by atoms with Crippen molar-refractivity contribution in [2.45, 2.75) is 13.2 Å². The van der Waals surface area contributed by atoms with Gasteiger partial charge in [0.15, 0.2) is 0 Å². The van der Waals surface area contributed by atoms with Gasteiger partial charge in [-0.15, -0.1) is 0 Å². The number of carbonyl (C=O) groups is 2. The van der Waals surface area contributed by atoms with Crippen LogP contribution in [0, 0.1) is 0 Å². The molecule has 0 bridgehead atoms. The standard InChI is InChI=1S/C24H15BrCl3NO3S/c25-18-9-14(5-8-21(18)32-13-16-3-1-2-4-19(16)27)10-22-23(30)29(24(31)33-22)12-15-6-7-17(26)11-20(15)28/h1-11H,12-13H2/b22-10+. The van der Waals surface area contributed by atoms with Crippen LogP contribution in [0.2, 0.25) is 15.1 Å². The Balaban J connectivity index is 1.47. The molecule has 0 atom stereocenters. The Labute approximate surface area is 218 Å². The fraction of sp³-hybridized carbons (Fsp3) is 0.0833. The number of thioether (sulfide) groups is 1. The van der Waals surface area contributed by atoms with Gasteiger partial charge in [0.05, 0.1) is 15.9 Å². The second-order valence-electron chi connectivity index (χ2n) is 7.07. The van der Waals surface area contributed by atoms with Gasteiger partial charge >= 0.3 is 0 Å². The van der Waals surface area contributed by atoms with Crippen LogP contribution in [0.15, 0.2) is 70.0 Å². The van der Waals surface area contributed by atoms with Crippen LogP contribution in [0.1, 0.15) is 16.7 Å². The maximum Gasteiger partial charge on any atom is 0.293 e. The number of amides is 2. The van der Waals surface area contributed by atoms with Crippen LogP contribution in [0.4, 0.5) is 4.79 Å². The highest BCUT2D eigenvalue weighted by molar-refractivity contribution is 9.10. The topological polar surface area (TPSA) is 46.6 Å². The summed E-state index contributed by atoms with van der Waals surface area (Å²) in [5.74, 6) is 0.267. The number of carbonyl (C=O) groups excluding carboxylic acids is 2. The Morgan fingerprint density at radius 1 is 0.939 bits per heavy atom. The quantitative estimate of drug-likeness (QED) is 0.274. The molecule has 0 spiro atoms. The van der Waals surface area contributed by atoms with E-state index in [0.29, 0.717) is 37.9 Å². The van der Waals surface area contributed by atoms with E-state index in [1.54, 1.807) is 30.3 Å². The van der Waals surface area contributed by atoms with E-state index in [1.807, 2.05) is 36.4 Å². The van der Waals surface area contributed by atoms with Crippen molar-refractivity contribution in [1.82, 2.24) is 4.90 Å². The predicted octanol–water partition coefficient (Wildman–Crippen LogP) is 8.22. The van der Waals surface area contributed by atoms with E-state index in [0.717, 1.165) is 27.4 Å². The average Bonchev–Trinajstić information content (AvgIpc) is 3.03. The molecule has 0 aromatic heterocycles. The van der Waals surface area contributed by atoms with Crippen molar-refractivity contribution >= 4 is 79.7 Å². The van der Waals surface area contributed by atoms with E-state index in [9.17, 15) is 9.59 Å². The molecule has 1 saturated heterocycles. The first-order valence-electron chi connectivity index (χ1n) is 9.67. The van der Waals surface area contributed by atoms with Gasteiger partial charge in [-0.1, -0.05) is 65.1 Å². The number of nitrogens with zero attached hydrogens (tertiary/aromatic N) is 1. The van der Waals surface area contributed by atoms with Crippen molar-refractivity contribution in [2.75, 3.05) is 0 Å². The van der Waals surface area contributed by atoms with Crippen molar-refractivity contribution < 1.29 is 14.3 Å². The van der Waals surface area contributed by atoms with Crippen LogP contribution in [0.5, 0.6) is 5.75 Å². The molecule has 1 heterocycles. The van der Waals surface area contributed by atoms with Crippen LogP contribution in [-0.2, 0) is 17.9 Å². The molecule has 0 radical (unpaired) electrons. The number of rotatable bonds is 6. The molecule has 33 heavy (non-hydrogen) atoms. The summed E-state index contributed by atoms with van der Waals surface area (Å²) in [7, 11) is 0. The van der Waals surface area contributed by atoms with E-state index in [-0.39, 0.29) is 17.7 Å². The van der Waals surface area contributed by atoms with E-state index >= 15 is 0 Å². The highest BCUT2D eigenvalue weighted by Gasteiger charge is 2.35. The second-order valence-corrected chi connectivity index (χ2v) is 10.2. The number of ether oxygens (including phenoxy) is 1. The number of benzene rings is 3. The largest absolute Gasteiger partial charge is 0.488 e. The van der Waals surface area contributed by atoms with Gasteiger partial charge in [0.25, 0.3) is 11.1 Å². The maximum absolute atomic E-state index is 12.8. The highest BCUT2D eigenvalue weighted by Crippen LogP contribution is 2.36. The van der Waals surface area contributed by atoms with Gasteiger partial charge in [-0.2, -0.15) is 0 Å². The van der Waals surface area contributed by atoms with Crippen molar-refractivity contribution in [3.8, 4) is 5.75 Å². The van der Waals surface area contributed by atoms with Crippen LogP contribution in [-0.4, -0.2) is 16.0 Å². The lowest BCUT2D eigenvalue weighted by Crippen LogP contribution is -2.27. The van der Waals surface area contributed by atoms with Gasteiger partial charge in [0.1, 0.15) is 12.4 Å². The Morgan fingerprint density at radius 3 is 2.45 bits per heavy atom. The molecule has 0 aliphatic carbocycles. The predicted molar refractivity (Wildman–Crippen MR) is 138 cm³/mol. The number of hydrogen-bond acceptors (Lipinski definition) is 4. The molecule has 0 saturated carbocycles. The monoisotopic (exact) mass is 581 g/mol. The van der Waals surface area contributed by atoms with Crippen LogP contribution >= 0.6 is 62.5 Å². The van der Waals surface area contributed by atoms with Crippen molar-refractivity contribution in [1.29, 1.82) is 0 Å². The molecule has 1 aliphatic rings. The van der Waals surface area contributed by atoms with Gasteiger partial charge in [0.2, 0.25) is 0 Å². The third-order valence-corrected chi connectivity index (χ3v) is 7.29. The minimum atomic E-state index is -0.369. The molecule has 1 aliphatic heterocycles. The maximum atomic E-state index is 12.8. The summed E-state index contributed by atoms with van der Waals surface area (Å²) in [5, 5.41) is 1.18. The molecule has 0 unspecified atom stereocenters. The summed E-state index contributed by atoms with van der Waals surface area (Å²) in [6.45, 7) is 0.403. The third-order valence-electron chi connectivity index (χ3n) is 4.81. The Morgan fingerprint density at radius 2 is 1.73 bits per heavy atom. The van der Waals surface area contributed by atoms with Crippen molar-refractivity contribution in [3.63, 3.8) is 0 Å². The molecule has 3 aromatic carbocycles. The molecule has 2 amide bonds. The SMILES string of the molecule is O=C1S/C(=C/c2ccc(OCc3ccccc3Cl)c(Br)c2)C(=O)N1Cc1ccc(Cl)cc1Cl. The third kappa shape index (κ3) is 5.76. The summed E-state index contributed by atoms with van der Waals surface area (Å²) >= 11 is 22.7. The molecule has 9 heteroatoms. The lowest BCUT2D eigenvalue weighted by molar-refractivity contribution is -0.123. The fourth-order valence-electron chi connectivity index (χ4n) is 3.10.